The molecule has 3 atom stereocenters. The van der Waals surface area contributed by atoms with E-state index in [1.807, 2.05) is 41.6 Å². The van der Waals surface area contributed by atoms with Crippen LogP contribution in [0.4, 0.5) is 0 Å². The number of piperidine rings is 1. The predicted molar refractivity (Wildman–Crippen MR) is 97.5 cm³/mol. The second-order valence-electron chi connectivity index (χ2n) is 7.06. The second-order valence-corrected chi connectivity index (χ2v) is 7.06. The number of fused-ring (bicyclic) bond motifs is 1. The zero-order chi connectivity index (χ0) is 17.9. The van der Waals surface area contributed by atoms with E-state index in [0.29, 0.717) is 11.6 Å². The maximum absolute atomic E-state index is 13.0. The summed E-state index contributed by atoms with van der Waals surface area (Å²) >= 11 is 0. The number of methoxy groups -OCH3 is 1. The summed E-state index contributed by atoms with van der Waals surface area (Å²) in [5.74, 6) is 0.365. The first kappa shape index (κ1) is 17.1. The first-order chi connectivity index (χ1) is 12.8. The lowest BCUT2D eigenvalue weighted by molar-refractivity contribution is -0.0158. The zero-order valence-corrected chi connectivity index (χ0v) is 15.0. The van der Waals surface area contributed by atoms with Crippen LogP contribution in [0.3, 0.4) is 0 Å². The number of pyridine rings is 2. The summed E-state index contributed by atoms with van der Waals surface area (Å²) in [4.78, 5) is 25.8. The highest BCUT2D eigenvalue weighted by atomic mass is 16.5. The summed E-state index contributed by atoms with van der Waals surface area (Å²) in [6.45, 7) is 3.40. The highest BCUT2D eigenvalue weighted by molar-refractivity contribution is 5.92. The van der Waals surface area contributed by atoms with Crippen molar-refractivity contribution in [2.75, 3.05) is 26.7 Å². The van der Waals surface area contributed by atoms with Crippen LogP contribution in [0, 0.1) is 5.92 Å². The third-order valence-corrected chi connectivity index (χ3v) is 5.54. The Hall–Kier alpha value is -2.31. The Labute approximate surface area is 153 Å². The Morgan fingerprint density at radius 2 is 2.04 bits per heavy atom. The molecular weight excluding hydrogens is 328 g/mol. The Balaban J connectivity index is 1.53. The summed E-state index contributed by atoms with van der Waals surface area (Å²) < 4.78 is 5.75. The number of hydrogen-bond donors (Lipinski definition) is 0. The van der Waals surface area contributed by atoms with Crippen LogP contribution in [-0.4, -0.2) is 64.6 Å². The van der Waals surface area contributed by atoms with Gasteiger partial charge in [0.05, 0.1) is 12.1 Å². The minimum atomic E-state index is 0.0286. The summed E-state index contributed by atoms with van der Waals surface area (Å²) in [5.41, 5.74) is 1.77. The van der Waals surface area contributed by atoms with Crippen molar-refractivity contribution in [2.45, 2.75) is 25.1 Å². The topological polar surface area (TPSA) is 58.6 Å². The molecule has 136 valence electrons. The van der Waals surface area contributed by atoms with E-state index in [4.69, 9.17) is 4.74 Å². The number of ether oxygens (including phenoxy) is 1. The van der Waals surface area contributed by atoms with Crippen molar-refractivity contribution in [3.63, 3.8) is 0 Å². The Morgan fingerprint density at radius 1 is 1.19 bits per heavy atom. The predicted octanol–water partition coefficient (Wildman–Crippen LogP) is 1.84. The molecule has 6 heteroatoms. The van der Waals surface area contributed by atoms with E-state index in [-0.39, 0.29) is 18.1 Å². The van der Waals surface area contributed by atoms with Gasteiger partial charge in [0.25, 0.3) is 5.91 Å². The quantitative estimate of drug-likeness (QED) is 0.840. The number of rotatable bonds is 4. The highest BCUT2D eigenvalue weighted by Crippen LogP contribution is 2.33. The molecule has 2 saturated heterocycles. The van der Waals surface area contributed by atoms with Crippen LogP contribution in [0.15, 0.2) is 48.9 Å². The molecule has 2 aliphatic rings. The number of aromatic nitrogens is 2. The third kappa shape index (κ3) is 3.34. The average molecular weight is 352 g/mol. The van der Waals surface area contributed by atoms with Crippen molar-refractivity contribution in [1.29, 1.82) is 0 Å². The van der Waals surface area contributed by atoms with Gasteiger partial charge < -0.3 is 9.64 Å². The Bertz CT molecular complexity index is 740. The number of nitrogens with zero attached hydrogens (tertiary/aromatic N) is 4. The summed E-state index contributed by atoms with van der Waals surface area (Å²) in [7, 11) is 1.78. The summed E-state index contributed by atoms with van der Waals surface area (Å²) in [6.07, 6.45) is 6.41. The van der Waals surface area contributed by atoms with Gasteiger partial charge in [-0.25, -0.2) is 0 Å². The lowest BCUT2D eigenvalue weighted by Gasteiger charge is -2.40. The number of carbonyl (C=O) groups is 1. The van der Waals surface area contributed by atoms with E-state index in [1.165, 1.54) is 5.56 Å². The van der Waals surface area contributed by atoms with Crippen molar-refractivity contribution in [2.24, 2.45) is 5.92 Å². The number of likely N-dealkylation sites (tertiary alicyclic amines) is 2. The molecule has 0 unspecified atom stereocenters. The fourth-order valence-electron chi connectivity index (χ4n) is 4.29. The Kier molecular flexibility index (Phi) is 4.95. The van der Waals surface area contributed by atoms with E-state index < -0.39 is 0 Å². The maximum Gasteiger partial charge on any atom is 0.272 e. The molecule has 2 aromatic heterocycles. The lowest BCUT2D eigenvalue weighted by Crippen LogP contribution is -2.53. The molecule has 26 heavy (non-hydrogen) atoms. The molecule has 0 radical (unpaired) electrons. The molecule has 0 aromatic carbocycles. The zero-order valence-electron chi connectivity index (χ0n) is 15.0. The molecule has 0 N–H and O–H groups in total. The Morgan fingerprint density at radius 3 is 2.77 bits per heavy atom. The van der Waals surface area contributed by atoms with Crippen LogP contribution in [0.5, 0.6) is 0 Å². The second kappa shape index (κ2) is 7.51. The smallest absolute Gasteiger partial charge is 0.272 e. The van der Waals surface area contributed by atoms with Gasteiger partial charge in [0.1, 0.15) is 5.69 Å². The number of carbonyl (C=O) groups excluding carboxylic acids is 1. The standard InChI is InChI=1S/C20H24N4O2/c1-26-19-7-11-24(20(25)17-4-2-3-8-22-17)18-14-23(13-16(18)19)12-15-5-9-21-10-6-15/h2-6,8-10,16,18-19H,7,11-14H2,1H3/t16-,18+,19+/m1/s1. The van der Waals surface area contributed by atoms with Gasteiger partial charge in [0.15, 0.2) is 0 Å². The van der Waals surface area contributed by atoms with E-state index in [1.54, 1.807) is 19.4 Å². The van der Waals surface area contributed by atoms with Gasteiger partial charge in [-0.05, 0) is 36.2 Å². The molecule has 2 aliphatic heterocycles. The van der Waals surface area contributed by atoms with E-state index >= 15 is 0 Å². The van der Waals surface area contributed by atoms with Crippen LogP contribution < -0.4 is 0 Å². The van der Waals surface area contributed by atoms with E-state index in [9.17, 15) is 4.79 Å². The van der Waals surface area contributed by atoms with Crippen molar-refractivity contribution in [3.05, 3.63) is 60.2 Å². The normalized spacial score (nSPS) is 25.9. The SMILES string of the molecule is CO[C@H]1CCN(C(=O)c2ccccn2)[C@H]2CN(Cc3ccncc3)C[C@@H]12. The van der Waals surface area contributed by atoms with Crippen LogP contribution >= 0.6 is 0 Å². The molecule has 1 amide bonds. The summed E-state index contributed by atoms with van der Waals surface area (Å²) in [6, 6.07) is 9.76. The molecule has 0 saturated carbocycles. The molecule has 4 heterocycles. The minimum absolute atomic E-state index is 0.0286. The monoisotopic (exact) mass is 352 g/mol. The van der Waals surface area contributed by atoms with E-state index in [0.717, 1.165) is 32.6 Å². The van der Waals surface area contributed by atoms with Crippen LogP contribution in [0.2, 0.25) is 0 Å². The van der Waals surface area contributed by atoms with Crippen molar-refractivity contribution >= 4 is 5.91 Å². The number of amides is 1. The van der Waals surface area contributed by atoms with Gasteiger partial charge >= 0.3 is 0 Å². The fraction of sp³-hybridized carbons (Fsp3) is 0.450. The maximum atomic E-state index is 13.0. The lowest BCUT2D eigenvalue weighted by atomic mass is 9.88. The molecule has 2 aromatic rings. The number of hydrogen-bond acceptors (Lipinski definition) is 5. The molecule has 2 fully saturated rings. The van der Waals surface area contributed by atoms with Crippen molar-refractivity contribution in [1.82, 2.24) is 19.8 Å². The highest BCUT2D eigenvalue weighted by Gasteiger charge is 2.46. The molecule has 0 bridgehead atoms. The van der Waals surface area contributed by atoms with Gasteiger partial charge in [0.2, 0.25) is 0 Å². The fourth-order valence-corrected chi connectivity index (χ4v) is 4.29. The largest absolute Gasteiger partial charge is 0.381 e. The average Bonchev–Trinajstić information content (AvgIpc) is 3.11. The van der Waals surface area contributed by atoms with Gasteiger partial charge in [-0.1, -0.05) is 6.07 Å². The van der Waals surface area contributed by atoms with Crippen LogP contribution in [-0.2, 0) is 11.3 Å². The summed E-state index contributed by atoms with van der Waals surface area (Å²) in [5, 5.41) is 0. The molecule has 4 rings (SSSR count). The minimum Gasteiger partial charge on any atom is -0.381 e. The third-order valence-electron chi connectivity index (χ3n) is 5.54. The molecule has 0 spiro atoms. The molecular formula is C20H24N4O2. The van der Waals surface area contributed by atoms with Gasteiger partial charge in [-0.3, -0.25) is 19.7 Å². The van der Waals surface area contributed by atoms with Crippen LogP contribution in [0.25, 0.3) is 0 Å². The van der Waals surface area contributed by atoms with Crippen molar-refractivity contribution < 1.29 is 9.53 Å². The van der Waals surface area contributed by atoms with Gasteiger partial charge in [0, 0.05) is 57.8 Å². The molecule has 0 aliphatic carbocycles. The first-order valence-electron chi connectivity index (χ1n) is 9.12. The van der Waals surface area contributed by atoms with Crippen molar-refractivity contribution in [3.8, 4) is 0 Å². The molecule has 6 nitrogen and oxygen atoms in total. The van der Waals surface area contributed by atoms with Crippen LogP contribution in [0.1, 0.15) is 22.5 Å². The first-order valence-corrected chi connectivity index (χ1v) is 9.12. The van der Waals surface area contributed by atoms with E-state index in [2.05, 4.69) is 14.9 Å². The van der Waals surface area contributed by atoms with Gasteiger partial charge in [-0.15, -0.1) is 0 Å². The van der Waals surface area contributed by atoms with Gasteiger partial charge in [-0.2, -0.15) is 0 Å².